The number of hydrogen-bond donors (Lipinski definition) is 1. The predicted molar refractivity (Wildman–Crippen MR) is 98.8 cm³/mol. The predicted octanol–water partition coefficient (Wildman–Crippen LogP) is 1.52. The molecule has 1 aromatic rings. The van der Waals surface area contributed by atoms with Crippen molar-refractivity contribution in [2.75, 3.05) is 51.5 Å². The third-order valence-corrected chi connectivity index (χ3v) is 5.54. The normalized spacial score (nSPS) is 19.0. The molecule has 0 unspecified atom stereocenters. The zero-order valence-electron chi connectivity index (χ0n) is 13.8. The molecule has 0 saturated carbocycles. The topological polar surface area (TPSA) is 69.9 Å². The number of anilines is 1. The maximum atomic E-state index is 12.4. The first-order valence-electron chi connectivity index (χ1n) is 8.27. The van der Waals surface area contributed by atoms with E-state index in [1.807, 2.05) is 15.2 Å². The first-order valence-corrected chi connectivity index (χ1v) is 9.15. The summed E-state index contributed by atoms with van der Waals surface area (Å²) in [6, 6.07) is 1.77. The molecule has 0 aliphatic carbocycles. The molecule has 2 saturated heterocycles. The van der Waals surface area contributed by atoms with E-state index in [1.54, 1.807) is 6.07 Å². The van der Waals surface area contributed by atoms with Crippen LogP contribution in [-0.4, -0.2) is 72.3 Å². The Labute approximate surface area is 153 Å². The zero-order valence-corrected chi connectivity index (χ0v) is 15.4. The lowest BCUT2D eigenvalue weighted by molar-refractivity contribution is -0.133. The monoisotopic (exact) mass is 372 g/mol. The molecule has 2 aliphatic heterocycles. The highest BCUT2D eigenvalue weighted by Crippen LogP contribution is 2.21. The molecule has 3 rings (SSSR count). The van der Waals surface area contributed by atoms with Crippen LogP contribution in [0.25, 0.3) is 0 Å². The number of piperidine rings is 1. The number of piperazine rings is 1. The van der Waals surface area contributed by atoms with Crippen LogP contribution in [0, 0.1) is 0 Å². The average molecular weight is 373 g/mol. The fourth-order valence-electron chi connectivity index (χ4n) is 3.18. The van der Waals surface area contributed by atoms with E-state index in [2.05, 4.69) is 4.90 Å². The Hall–Kier alpha value is -1.31. The molecule has 24 heavy (non-hydrogen) atoms. The molecule has 2 N–H and O–H groups in total. The van der Waals surface area contributed by atoms with Crippen LogP contribution < -0.4 is 5.73 Å². The zero-order chi connectivity index (χ0) is 16.2. The van der Waals surface area contributed by atoms with Crippen molar-refractivity contribution < 1.29 is 9.59 Å². The first kappa shape index (κ1) is 19.0. The van der Waals surface area contributed by atoms with Gasteiger partial charge in [-0.2, -0.15) is 0 Å². The molecule has 0 aromatic carbocycles. The largest absolute Gasteiger partial charge is 0.397 e. The van der Waals surface area contributed by atoms with E-state index in [0.717, 1.165) is 39.0 Å². The lowest BCUT2D eigenvalue weighted by Gasteiger charge is -2.36. The standard InChI is InChI=1S/C16H24N4O2S.ClH/c17-13-4-11-23-15(13)16(22)20-9-7-18(8-10-20)12-14(21)19-5-2-1-3-6-19;/h4,11H,1-3,5-10,12,17H2;1H. The Morgan fingerprint density at radius 3 is 2.25 bits per heavy atom. The summed E-state index contributed by atoms with van der Waals surface area (Å²) in [5.41, 5.74) is 6.38. The molecule has 0 atom stereocenters. The van der Waals surface area contributed by atoms with Crippen LogP contribution in [0.5, 0.6) is 0 Å². The Balaban J connectivity index is 0.00000208. The number of hydrogen-bond acceptors (Lipinski definition) is 5. The van der Waals surface area contributed by atoms with E-state index in [1.165, 1.54) is 17.8 Å². The molecule has 8 heteroatoms. The SMILES string of the molecule is Cl.Nc1ccsc1C(=O)N1CCN(CC(=O)N2CCCCC2)CC1. The summed E-state index contributed by atoms with van der Waals surface area (Å²) in [5.74, 6) is 0.242. The van der Waals surface area contributed by atoms with Gasteiger partial charge in [0.15, 0.2) is 0 Å². The minimum absolute atomic E-state index is 0. The van der Waals surface area contributed by atoms with Crippen molar-refractivity contribution in [3.8, 4) is 0 Å². The van der Waals surface area contributed by atoms with E-state index < -0.39 is 0 Å². The molecule has 2 fully saturated rings. The molecular formula is C16H25ClN4O2S. The third kappa shape index (κ3) is 4.40. The number of carbonyl (C=O) groups excluding carboxylic acids is 2. The summed E-state index contributed by atoms with van der Waals surface area (Å²) in [4.78, 5) is 31.3. The van der Waals surface area contributed by atoms with Gasteiger partial charge in [-0.3, -0.25) is 14.5 Å². The number of nitrogens with zero attached hydrogens (tertiary/aromatic N) is 3. The van der Waals surface area contributed by atoms with Crippen molar-refractivity contribution in [2.24, 2.45) is 0 Å². The van der Waals surface area contributed by atoms with Gasteiger partial charge in [0.25, 0.3) is 5.91 Å². The van der Waals surface area contributed by atoms with Gasteiger partial charge in [-0.15, -0.1) is 23.7 Å². The Morgan fingerprint density at radius 2 is 1.67 bits per heavy atom. The van der Waals surface area contributed by atoms with Crippen LogP contribution in [0.3, 0.4) is 0 Å². The molecule has 6 nitrogen and oxygen atoms in total. The van der Waals surface area contributed by atoms with E-state index in [0.29, 0.717) is 30.2 Å². The van der Waals surface area contributed by atoms with Gasteiger partial charge < -0.3 is 15.5 Å². The number of likely N-dealkylation sites (tertiary alicyclic amines) is 1. The van der Waals surface area contributed by atoms with Crippen molar-refractivity contribution in [1.82, 2.24) is 14.7 Å². The van der Waals surface area contributed by atoms with Crippen LogP contribution in [-0.2, 0) is 4.79 Å². The fourth-order valence-corrected chi connectivity index (χ4v) is 3.97. The van der Waals surface area contributed by atoms with Crippen molar-refractivity contribution in [3.05, 3.63) is 16.3 Å². The number of thiophene rings is 1. The fraction of sp³-hybridized carbons (Fsp3) is 0.625. The number of rotatable bonds is 3. The highest BCUT2D eigenvalue weighted by molar-refractivity contribution is 7.12. The summed E-state index contributed by atoms with van der Waals surface area (Å²) in [7, 11) is 0. The lowest BCUT2D eigenvalue weighted by atomic mass is 10.1. The highest BCUT2D eigenvalue weighted by Gasteiger charge is 2.26. The maximum absolute atomic E-state index is 12.4. The molecule has 0 bridgehead atoms. The minimum Gasteiger partial charge on any atom is -0.397 e. The lowest BCUT2D eigenvalue weighted by Crippen LogP contribution is -2.52. The smallest absolute Gasteiger partial charge is 0.266 e. The molecule has 0 radical (unpaired) electrons. The number of nitrogen functional groups attached to an aromatic ring is 1. The molecule has 2 amide bonds. The van der Waals surface area contributed by atoms with E-state index in [9.17, 15) is 9.59 Å². The first-order chi connectivity index (χ1) is 11.1. The van der Waals surface area contributed by atoms with Gasteiger partial charge in [0.05, 0.1) is 12.2 Å². The van der Waals surface area contributed by atoms with Gasteiger partial charge >= 0.3 is 0 Å². The van der Waals surface area contributed by atoms with Gasteiger partial charge in [0.2, 0.25) is 5.91 Å². The van der Waals surface area contributed by atoms with Crippen LogP contribution >= 0.6 is 23.7 Å². The Bertz CT molecular complexity index is 566. The van der Waals surface area contributed by atoms with Crippen LogP contribution in [0.1, 0.15) is 28.9 Å². The quantitative estimate of drug-likeness (QED) is 0.873. The average Bonchev–Trinajstić information content (AvgIpc) is 3.02. The molecule has 3 heterocycles. The Kier molecular flexibility index (Phi) is 6.89. The van der Waals surface area contributed by atoms with Crippen molar-refractivity contribution >= 4 is 41.2 Å². The van der Waals surface area contributed by atoms with Gasteiger partial charge in [0.1, 0.15) is 4.88 Å². The third-order valence-electron chi connectivity index (χ3n) is 4.62. The van der Waals surface area contributed by atoms with E-state index in [4.69, 9.17) is 5.73 Å². The molecule has 2 aliphatic rings. The van der Waals surface area contributed by atoms with E-state index >= 15 is 0 Å². The maximum Gasteiger partial charge on any atom is 0.266 e. The van der Waals surface area contributed by atoms with Gasteiger partial charge in [-0.1, -0.05) is 0 Å². The summed E-state index contributed by atoms with van der Waals surface area (Å²) in [6.07, 6.45) is 3.48. The van der Waals surface area contributed by atoms with Crippen molar-refractivity contribution in [2.45, 2.75) is 19.3 Å². The number of carbonyl (C=O) groups is 2. The van der Waals surface area contributed by atoms with E-state index in [-0.39, 0.29) is 24.2 Å². The second-order valence-corrected chi connectivity index (χ2v) is 7.13. The molecule has 134 valence electrons. The Morgan fingerprint density at radius 1 is 1.00 bits per heavy atom. The number of amides is 2. The molecule has 1 aromatic heterocycles. The van der Waals surface area contributed by atoms with Gasteiger partial charge in [-0.25, -0.2) is 0 Å². The highest BCUT2D eigenvalue weighted by atomic mass is 35.5. The summed E-state index contributed by atoms with van der Waals surface area (Å²) in [6.45, 7) is 5.08. The second-order valence-electron chi connectivity index (χ2n) is 6.21. The number of halogens is 1. The summed E-state index contributed by atoms with van der Waals surface area (Å²) >= 11 is 1.39. The van der Waals surface area contributed by atoms with Crippen LogP contribution in [0.15, 0.2) is 11.4 Å². The molecule has 0 spiro atoms. The van der Waals surface area contributed by atoms with Crippen LogP contribution in [0.4, 0.5) is 5.69 Å². The summed E-state index contributed by atoms with van der Waals surface area (Å²) in [5, 5.41) is 1.84. The van der Waals surface area contributed by atoms with Gasteiger partial charge in [0, 0.05) is 39.3 Å². The van der Waals surface area contributed by atoms with Crippen LogP contribution in [0.2, 0.25) is 0 Å². The molecular weight excluding hydrogens is 348 g/mol. The second kappa shape index (κ2) is 8.69. The van der Waals surface area contributed by atoms with Crippen molar-refractivity contribution in [3.63, 3.8) is 0 Å². The summed E-state index contributed by atoms with van der Waals surface area (Å²) < 4.78 is 0. The van der Waals surface area contributed by atoms with Crippen molar-refractivity contribution in [1.29, 1.82) is 0 Å². The van der Waals surface area contributed by atoms with Gasteiger partial charge in [-0.05, 0) is 30.7 Å². The number of nitrogens with two attached hydrogens (primary N) is 1. The minimum atomic E-state index is 0.